The standard InChI is InChI=1S/C25H28N6/c26-19-22-7-9-25(10-8-22)31-17-15-29(16-18-31)13-14-30(20-23-5-1-3-11-27-23)21-24-6-2-4-12-28-24/h1-12H,13-18,20-21H2. The molecule has 0 amide bonds. The Morgan fingerprint density at radius 3 is 1.94 bits per heavy atom. The monoisotopic (exact) mass is 412 g/mol. The van der Waals surface area contributed by atoms with Gasteiger partial charge in [0.25, 0.3) is 0 Å². The lowest BCUT2D eigenvalue weighted by Gasteiger charge is -2.37. The summed E-state index contributed by atoms with van der Waals surface area (Å²) in [6.07, 6.45) is 3.72. The molecule has 1 fully saturated rings. The van der Waals surface area contributed by atoms with Crippen molar-refractivity contribution >= 4 is 5.69 Å². The van der Waals surface area contributed by atoms with Gasteiger partial charge in [-0.05, 0) is 48.5 Å². The summed E-state index contributed by atoms with van der Waals surface area (Å²) in [7, 11) is 0. The van der Waals surface area contributed by atoms with Gasteiger partial charge in [0.05, 0.1) is 23.0 Å². The van der Waals surface area contributed by atoms with E-state index in [1.54, 1.807) is 0 Å². The molecular formula is C25H28N6. The van der Waals surface area contributed by atoms with Crippen LogP contribution in [0.1, 0.15) is 17.0 Å². The Hall–Kier alpha value is -3.27. The van der Waals surface area contributed by atoms with E-state index in [-0.39, 0.29) is 0 Å². The Kier molecular flexibility index (Phi) is 7.22. The first kappa shape index (κ1) is 21.0. The number of piperazine rings is 1. The zero-order chi connectivity index (χ0) is 21.3. The van der Waals surface area contributed by atoms with Crippen molar-refractivity contribution in [3.05, 3.63) is 90.0 Å². The van der Waals surface area contributed by atoms with Crippen molar-refractivity contribution in [2.24, 2.45) is 0 Å². The Balaban J connectivity index is 1.31. The molecule has 1 saturated heterocycles. The smallest absolute Gasteiger partial charge is 0.0991 e. The third kappa shape index (κ3) is 6.11. The highest BCUT2D eigenvalue weighted by molar-refractivity contribution is 5.50. The molecule has 0 unspecified atom stereocenters. The molecule has 1 aromatic carbocycles. The maximum Gasteiger partial charge on any atom is 0.0991 e. The topological polar surface area (TPSA) is 59.3 Å². The number of hydrogen-bond donors (Lipinski definition) is 0. The number of pyridine rings is 2. The summed E-state index contributed by atoms with van der Waals surface area (Å²) in [5.41, 5.74) is 4.09. The van der Waals surface area contributed by atoms with Crippen LogP contribution in [0.15, 0.2) is 73.1 Å². The lowest BCUT2D eigenvalue weighted by atomic mass is 10.2. The molecule has 6 nitrogen and oxygen atoms in total. The van der Waals surface area contributed by atoms with Crippen LogP contribution in [-0.4, -0.2) is 59.0 Å². The van der Waals surface area contributed by atoms with Crippen LogP contribution >= 0.6 is 0 Å². The summed E-state index contributed by atoms with van der Waals surface area (Å²) in [5.74, 6) is 0. The summed E-state index contributed by atoms with van der Waals surface area (Å²) in [4.78, 5) is 16.4. The first-order valence-electron chi connectivity index (χ1n) is 10.8. The Bertz CT molecular complexity index is 919. The predicted octanol–water partition coefficient (Wildman–Crippen LogP) is 3.17. The molecule has 31 heavy (non-hydrogen) atoms. The first-order chi connectivity index (χ1) is 15.3. The molecular weight excluding hydrogens is 384 g/mol. The van der Waals surface area contributed by atoms with Gasteiger partial charge in [-0.1, -0.05) is 12.1 Å². The van der Waals surface area contributed by atoms with Gasteiger partial charge in [0, 0.05) is 70.4 Å². The molecule has 0 N–H and O–H groups in total. The molecule has 0 spiro atoms. The summed E-state index contributed by atoms with van der Waals surface area (Å²) < 4.78 is 0. The van der Waals surface area contributed by atoms with Crippen molar-refractivity contribution < 1.29 is 0 Å². The SMILES string of the molecule is N#Cc1ccc(N2CCN(CCN(Cc3ccccn3)Cc3ccccn3)CC2)cc1. The van der Waals surface area contributed by atoms with Crippen LogP contribution in [0, 0.1) is 11.3 Å². The number of nitriles is 1. The van der Waals surface area contributed by atoms with E-state index in [2.05, 4.69) is 55.0 Å². The molecule has 6 heteroatoms. The highest BCUT2D eigenvalue weighted by Crippen LogP contribution is 2.17. The van der Waals surface area contributed by atoms with E-state index in [0.717, 1.165) is 63.7 Å². The normalized spacial score (nSPS) is 14.5. The zero-order valence-corrected chi connectivity index (χ0v) is 17.8. The second-order valence-corrected chi connectivity index (χ2v) is 7.84. The van der Waals surface area contributed by atoms with E-state index in [4.69, 9.17) is 5.26 Å². The quantitative estimate of drug-likeness (QED) is 0.566. The lowest BCUT2D eigenvalue weighted by Crippen LogP contribution is -2.48. The van der Waals surface area contributed by atoms with Crippen LogP contribution in [0.4, 0.5) is 5.69 Å². The average Bonchev–Trinajstić information content (AvgIpc) is 2.84. The molecule has 158 valence electrons. The van der Waals surface area contributed by atoms with Crippen molar-refractivity contribution in [2.75, 3.05) is 44.2 Å². The van der Waals surface area contributed by atoms with Crippen LogP contribution in [-0.2, 0) is 13.1 Å². The number of anilines is 1. The summed E-state index contributed by atoms with van der Waals surface area (Å²) >= 11 is 0. The van der Waals surface area contributed by atoms with E-state index in [1.807, 2.05) is 48.8 Å². The molecule has 0 radical (unpaired) electrons. The van der Waals surface area contributed by atoms with Crippen LogP contribution in [0.2, 0.25) is 0 Å². The van der Waals surface area contributed by atoms with Crippen LogP contribution in [0.25, 0.3) is 0 Å². The predicted molar refractivity (Wildman–Crippen MR) is 122 cm³/mol. The maximum absolute atomic E-state index is 8.98. The van der Waals surface area contributed by atoms with Crippen molar-refractivity contribution in [2.45, 2.75) is 13.1 Å². The van der Waals surface area contributed by atoms with E-state index in [9.17, 15) is 0 Å². The molecule has 0 bridgehead atoms. The summed E-state index contributed by atoms with van der Waals surface area (Å²) in [5, 5.41) is 8.98. The van der Waals surface area contributed by atoms with E-state index in [0.29, 0.717) is 5.56 Å². The fourth-order valence-corrected chi connectivity index (χ4v) is 3.91. The van der Waals surface area contributed by atoms with Gasteiger partial charge in [-0.15, -0.1) is 0 Å². The van der Waals surface area contributed by atoms with E-state index in [1.165, 1.54) is 5.69 Å². The van der Waals surface area contributed by atoms with Crippen molar-refractivity contribution in [1.29, 1.82) is 5.26 Å². The number of rotatable bonds is 8. The van der Waals surface area contributed by atoms with Gasteiger partial charge < -0.3 is 4.90 Å². The highest BCUT2D eigenvalue weighted by Gasteiger charge is 2.18. The van der Waals surface area contributed by atoms with Gasteiger partial charge in [-0.2, -0.15) is 5.26 Å². The molecule has 3 aromatic rings. The van der Waals surface area contributed by atoms with Gasteiger partial charge >= 0.3 is 0 Å². The maximum atomic E-state index is 8.98. The number of hydrogen-bond acceptors (Lipinski definition) is 6. The Morgan fingerprint density at radius 2 is 1.42 bits per heavy atom. The van der Waals surface area contributed by atoms with Crippen LogP contribution < -0.4 is 4.90 Å². The Labute approximate surface area is 184 Å². The van der Waals surface area contributed by atoms with Gasteiger partial charge in [-0.25, -0.2) is 0 Å². The molecule has 0 atom stereocenters. The van der Waals surface area contributed by atoms with Crippen molar-refractivity contribution in [3.63, 3.8) is 0 Å². The Morgan fingerprint density at radius 1 is 0.806 bits per heavy atom. The number of benzene rings is 1. The second kappa shape index (κ2) is 10.7. The second-order valence-electron chi connectivity index (χ2n) is 7.84. The van der Waals surface area contributed by atoms with Crippen molar-refractivity contribution in [1.82, 2.24) is 19.8 Å². The molecule has 2 aromatic heterocycles. The summed E-state index contributed by atoms with van der Waals surface area (Å²) in [6.45, 7) is 7.75. The molecule has 4 rings (SSSR count). The third-order valence-electron chi connectivity index (χ3n) is 5.69. The van der Waals surface area contributed by atoms with Gasteiger partial charge in [-0.3, -0.25) is 19.8 Å². The van der Waals surface area contributed by atoms with E-state index < -0.39 is 0 Å². The minimum absolute atomic E-state index is 0.711. The first-order valence-corrected chi connectivity index (χ1v) is 10.8. The third-order valence-corrected chi connectivity index (χ3v) is 5.69. The molecule has 3 heterocycles. The number of nitrogens with zero attached hydrogens (tertiary/aromatic N) is 6. The number of aromatic nitrogens is 2. The fraction of sp³-hybridized carbons (Fsp3) is 0.320. The van der Waals surface area contributed by atoms with Gasteiger partial charge in [0.1, 0.15) is 0 Å². The largest absolute Gasteiger partial charge is 0.369 e. The van der Waals surface area contributed by atoms with Crippen LogP contribution in [0.3, 0.4) is 0 Å². The summed E-state index contributed by atoms with van der Waals surface area (Å²) in [6, 6.07) is 22.3. The van der Waals surface area contributed by atoms with Crippen molar-refractivity contribution in [3.8, 4) is 6.07 Å². The van der Waals surface area contributed by atoms with Gasteiger partial charge in [0.15, 0.2) is 0 Å². The lowest BCUT2D eigenvalue weighted by molar-refractivity contribution is 0.184. The average molecular weight is 413 g/mol. The molecule has 1 aliphatic rings. The molecule has 0 aliphatic carbocycles. The highest BCUT2D eigenvalue weighted by atomic mass is 15.3. The minimum atomic E-state index is 0.711. The zero-order valence-electron chi connectivity index (χ0n) is 17.8. The molecule has 1 aliphatic heterocycles. The molecule has 0 saturated carbocycles. The van der Waals surface area contributed by atoms with E-state index >= 15 is 0 Å². The fourth-order valence-electron chi connectivity index (χ4n) is 3.91. The minimum Gasteiger partial charge on any atom is -0.369 e. The van der Waals surface area contributed by atoms with Crippen LogP contribution in [0.5, 0.6) is 0 Å². The van der Waals surface area contributed by atoms with Gasteiger partial charge in [0.2, 0.25) is 0 Å².